The maximum atomic E-state index is 5.19. The van der Waals surface area contributed by atoms with Gasteiger partial charge in [-0.15, -0.1) is 0 Å². The van der Waals surface area contributed by atoms with Crippen molar-refractivity contribution in [3.05, 3.63) is 0 Å². The van der Waals surface area contributed by atoms with Crippen molar-refractivity contribution in [1.29, 1.82) is 0 Å². The van der Waals surface area contributed by atoms with Crippen LogP contribution in [-0.4, -0.2) is 26.9 Å². The average molecular weight is 146 g/mol. The Hall–Kier alpha value is -0.0800. The van der Waals surface area contributed by atoms with Gasteiger partial charge in [0.25, 0.3) is 0 Å². The van der Waals surface area contributed by atoms with Crippen molar-refractivity contribution in [1.82, 2.24) is 0 Å². The van der Waals surface area contributed by atoms with Crippen LogP contribution in [0.5, 0.6) is 0 Å². The van der Waals surface area contributed by atoms with E-state index in [0.717, 1.165) is 25.9 Å². The Bertz CT molecular complexity index is 60.3. The van der Waals surface area contributed by atoms with E-state index in [9.17, 15) is 0 Å². The highest BCUT2D eigenvalue weighted by atomic mass is 16.5. The molecule has 0 aromatic carbocycles. The zero-order valence-electron chi connectivity index (χ0n) is 7.22. The van der Waals surface area contributed by atoms with Gasteiger partial charge in [0, 0.05) is 20.8 Å². The Kier molecular flexibility index (Phi) is 6.98. The quantitative estimate of drug-likeness (QED) is 0.532. The number of hydrogen-bond acceptors (Lipinski definition) is 2. The van der Waals surface area contributed by atoms with E-state index in [1.807, 2.05) is 0 Å². The maximum absolute atomic E-state index is 5.19. The molecule has 0 saturated carbocycles. The van der Waals surface area contributed by atoms with E-state index in [0.29, 0.717) is 6.10 Å². The average Bonchev–Trinajstić information content (AvgIpc) is 1.99. The zero-order chi connectivity index (χ0) is 7.82. The fraction of sp³-hybridized carbons (Fsp3) is 1.00. The van der Waals surface area contributed by atoms with Crippen molar-refractivity contribution in [2.45, 2.75) is 32.3 Å². The predicted octanol–water partition coefficient (Wildman–Crippen LogP) is 1.84. The minimum atomic E-state index is 0.426. The highest BCUT2D eigenvalue weighted by molar-refractivity contribution is 4.53. The van der Waals surface area contributed by atoms with E-state index in [2.05, 4.69) is 6.92 Å². The van der Waals surface area contributed by atoms with E-state index in [4.69, 9.17) is 9.47 Å². The summed E-state index contributed by atoms with van der Waals surface area (Å²) in [5.74, 6) is 0. The maximum Gasteiger partial charge on any atom is 0.0569 e. The SMILES string of the molecule is CCC(CCCOC)OC. The molecule has 0 rings (SSSR count). The van der Waals surface area contributed by atoms with Crippen molar-refractivity contribution in [2.24, 2.45) is 0 Å². The van der Waals surface area contributed by atoms with Gasteiger partial charge in [-0.2, -0.15) is 0 Å². The Balaban J connectivity index is 3.09. The standard InChI is InChI=1S/C8H18O2/c1-4-8(10-3)6-5-7-9-2/h8H,4-7H2,1-3H3. The molecular weight excluding hydrogens is 128 g/mol. The monoisotopic (exact) mass is 146 g/mol. The van der Waals surface area contributed by atoms with E-state index >= 15 is 0 Å². The summed E-state index contributed by atoms with van der Waals surface area (Å²) in [6.07, 6.45) is 3.74. The summed E-state index contributed by atoms with van der Waals surface area (Å²) in [4.78, 5) is 0. The molecule has 1 unspecified atom stereocenters. The Morgan fingerprint density at radius 3 is 2.40 bits per heavy atom. The lowest BCUT2D eigenvalue weighted by Crippen LogP contribution is -2.09. The normalized spacial score (nSPS) is 13.5. The summed E-state index contributed by atoms with van der Waals surface area (Å²) in [6.45, 7) is 2.99. The molecule has 0 heterocycles. The fourth-order valence-corrected chi connectivity index (χ4v) is 0.944. The Morgan fingerprint density at radius 1 is 1.30 bits per heavy atom. The number of ether oxygens (including phenoxy) is 2. The van der Waals surface area contributed by atoms with Crippen molar-refractivity contribution in [2.75, 3.05) is 20.8 Å². The second-order valence-electron chi connectivity index (χ2n) is 2.40. The molecule has 0 aromatic rings. The lowest BCUT2D eigenvalue weighted by atomic mass is 10.1. The first kappa shape index (κ1) is 9.92. The van der Waals surface area contributed by atoms with E-state index in [1.54, 1.807) is 14.2 Å². The van der Waals surface area contributed by atoms with Gasteiger partial charge in [-0.25, -0.2) is 0 Å². The molecule has 2 nitrogen and oxygen atoms in total. The molecular formula is C8H18O2. The van der Waals surface area contributed by atoms with Crippen molar-refractivity contribution in [3.8, 4) is 0 Å². The molecule has 0 aliphatic rings. The molecule has 0 bridgehead atoms. The van der Waals surface area contributed by atoms with Crippen LogP contribution in [0.25, 0.3) is 0 Å². The molecule has 0 aliphatic carbocycles. The number of hydrogen-bond donors (Lipinski definition) is 0. The molecule has 2 heteroatoms. The summed E-state index contributed by atoms with van der Waals surface area (Å²) >= 11 is 0. The largest absolute Gasteiger partial charge is 0.385 e. The van der Waals surface area contributed by atoms with Gasteiger partial charge in [0.15, 0.2) is 0 Å². The second kappa shape index (κ2) is 7.03. The first-order chi connectivity index (χ1) is 4.85. The zero-order valence-corrected chi connectivity index (χ0v) is 7.22. The molecule has 0 spiro atoms. The van der Waals surface area contributed by atoms with Gasteiger partial charge in [0.05, 0.1) is 6.10 Å². The topological polar surface area (TPSA) is 18.5 Å². The smallest absolute Gasteiger partial charge is 0.0569 e. The number of methoxy groups -OCH3 is 2. The molecule has 0 aliphatic heterocycles. The van der Waals surface area contributed by atoms with Gasteiger partial charge in [-0.1, -0.05) is 6.92 Å². The first-order valence-corrected chi connectivity index (χ1v) is 3.86. The van der Waals surface area contributed by atoms with E-state index in [-0.39, 0.29) is 0 Å². The lowest BCUT2D eigenvalue weighted by Gasteiger charge is -2.11. The minimum absolute atomic E-state index is 0.426. The predicted molar refractivity (Wildman–Crippen MR) is 42.2 cm³/mol. The van der Waals surface area contributed by atoms with Gasteiger partial charge < -0.3 is 9.47 Å². The van der Waals surface area contributed by atoms with Crippen molar-refractivity contribution in [3.63, 3.8) is 0 Å². The van der Waals surface area contributed by atoms with Crippen LogP contribution >= 0.6 is 0 Å². The molecule has 0 radical (unpaired) electrons. The van der Waals surface area contributed by atoms with E-state index < -0.39 is 0 Å². The molecule has 0 amide bonds. The fourth-order valence-electron chi connectivity index (χ4n) is 0.944. The lowest BCUT2D eigenvalue weighted by molar-refractivity contribution is 0.0807. The third-order valence-corrected chi connectivity index (χ3v) is 1.66. The number of rotatable bonds is 6. The van der Waals surface area contributed by atoms with Crippen LogP contribution in [0.2, 0.25) is 0 Å². The molecule has 0 N–H and O–H groups in total. The summed E-state index contributed by atoms with van der Waals surface area (Å²) in [5, 5.41) is 0. The molecule has 0 aromatic heterocycles. The Labute approximate surface area is 63.5 Å². The van der Waals surface area contributed by atoms with E-state index in [1.165, 1.54) is 0 Å². The van der Waals surface area contributed by atoms with Gasteiger partial charge in [-0.3, -0.25) is 0 Å². The molecule has 62 valence electrons. The molecule has 1 atom stereocenters. The van der Waals surface area contributed by atoms with Crippen molar-refractivity contribution >= 4 is 0 Å². The Morgan fingerprint density at radius 2 is 2.00 bits per heavy atom. The summed E-state index contributed by atoms with van der Waals surface area (Å²) in [7, 11) is 3.49. The first-order valence-electron chi connectivity index (χ1n) is 3.86. The minimum Gasteiger partial charge on any atom is -0.385 e. The molecule has 10 heavy (non-hydrogen) atoms. The summed E-state index contributed by atoms with van der Waals surface area (Å²) in [6, 6.07) is 0. The van der Waals surface area contributed by atoms with Gasteiger partial charge >= 0.3 is 0 Å². The summed E-state index contributed by atoms with van der Waals surface area (Å²) in [5.41, 5.74) is 0. The second-order valence-corrected chi connectivity index (χ2v) is 2.40. The summed E-state index contributed by atoms with van der Waals surface area (Å²) < 4.78 is 10.1. The van der Waals surface area contributed by atoms with Crippen LogP contribution in [0.1, 0.15) is 26.2 Å². The molecule has 0 fully saturated rings. The molecule has 0 saturated heterocycles. The third-order valence-electron chi connectivity index (χ3n) is 1.66. The van der Waals surface area contributed by atoms with Gasteiger partial charge in [-0.05, 0) is 19.3 Å². The highest BCUT2D eigenvalue weighted by Gasteiger charge is 2.01. The van der Waals surface area contributed by atoms with Crippen LogP contribution in [0.15, 0.2) is 0 Å². The van der Waals surface area contributed by atoms with Crippen LogP contribution in [0, 0.1) is 0 Å². The van der Waals surface area contributed by atoms with Crippen LogP contribution in [0.4, 0.5) is 0 Å². The third kappa shape index (κ3) is 4.77. The van der Waals surface area contributed by atoms with Crippen LogP contribution in [0.3, 0.4) is 0 Å². The van der Waals surface area contributed by atoms with Gasteiger partial charge in [0.1, 0.15) is 0 Å². The van der Waals surface area contributed by atoms with Crippen molar-refractivity contribution < 1.29 is 9.47 Å². The van der Waals surface area contributed by atoms with Crippen LogP contribution in [-0.2, 0) is 9.47 Å². The van der Waals surface area contributed by atoms with Gasteiger partial charge in [0.2, 0.25) is 0 Å². The highest BCUT2D eigenvalue weighted by Crippen LogP contribution is 2.04. The van der Waals surface area contributed by atoms with Crippen LogP contribution < -0.4 is 0 Å².